The topological polar surface area (TPSA) is 58.6 Å². The second kappa shape index (κ2) is 9.41. The number of aryl methyl sites for hydroxylation is 1. The zero-order chi connectivity index (χ0) is 21.3. The van der Waals surface area contributed by atoms with Gasteiger partial charge in [0, 0.05) is 23.9 Å². The highest BCUT2D eigenvalue weighted by atomic mass is 35.5. The van der Waals surface area contributed by atoms with Crippen molar-refractivity contribution in [3.8, 4) is 5.75 Å². The van der Waals surface area contributed by atoms with E-state index >= 15 is 0 Å². The van der Waals surface area contributed by atoms with Crippen molar-refractivity contribution in [3.05, 3.63) is 65.2 Å². The summed E-state index contributed by atoms with van der Waals surface area (Å²) < 4.78 is 6.23. The van der Waals surface area contributed by atoms with E-state index in [1.54, 1.807) is 0 Å². The fourth-order valence-corrected chi connectivity index (χ4v) is 4.73. The minimum absolute atomic E-state index is 0. The van der Waals surface area contributed by atoms with E-state index in [9.17, 15) is 9.59 Å². The number of hydrogen-bond acceptors (Lipinski definition) is 4. The zero-order valence-electron chi connectivity index (χ0n) is 18.4. The molecule has 1 N–H and O–H groups in total. The zero-order valence-corrected chi connectivity index (χ0v) is 19.2. The van der Waals surface area contributed by atoms with E-state index in [0.717, 1.165) is 24.3 Å². The third-order valence-corrected chi connectivity index (χ3v) is 6.55. The summed E-state index contributed by atoms with van der Waals surface area (Å²) in [4.78, 5) is 27.7. The Hall–Kier alpha value is -2.37. The number of carbonyl (C=O) groups excluding carboxylic acids is 2. The highest BCUT2D eigenvalue weighted by molar-refractivity contribution is 5.91. The van der Waals surface area contributed by atoms with E-state index in [0.29, 0.717) is 13.0 Å². The number of likely N-dealkylation sites (N-methyl/N-ethyl adjacent to an activating group) is 1. The van der Waals surface area contributed by atoms with Crippen molar-refractivity contribution in [2.75, 3.05) is 13.1 Å². The van der Waals surface area contributed by atoms with Crippen LogP contribution in [0.5, 0.6) is 5.75 Å². The SMILES string of the molecule is CCN(CC(=O)N[C@@H]1C(=O)CC[C@]2(C)c3cc(C)ccc3O[C@H]12)Cc1ccccc1.Cl. The molecule has 1 aliphatic heterocycles. The molecule has 4 rings (SSSR count). The van der Waals surface area contributed by atoms with Gasteiger partial charge in [0.2, 0.25) is 5.91 Å². The van der Waals surface area contributed by atoms with Gasteiger partial charge in [-0.15, -0.1) is 12.4 Å². The molecule has 2 aliphatic rings. The Balaban J connectivity index is 0.00000272. The molecule has 2 aromatic carbocycles. The molecule has 1 aliphatic carbocycles. The van der Waals surface area contributed by atoms with Crippen molar-refractivity contribution in [3.63, 3.8) is 0 Å². The molecule has 1 fully saturated rings. The smallest absolute Gasteiger partial charge is 0.234 e. The quantitative estimate of drug-likeness (QED) is 0.739. The molecule has 1 saturated carbocycles. The Bertz CT molecular complexity index is 949. The number of Topliss-reactive ketones (excluding diaryl/α,β-unsaturated/α-hetero) is 1. The largest absolute Gasteiger partial charge is 0.487 e. The first-order valence-corrected chi connectivity index (χ1v) is 10.8. The summed E-state index contributed by atoms with van der Waals surface area (Å²) >= 11 is 0. The maximum atomic E-state index is 12.9. The summed E-state index contributed by atoms with van der Waals surface area (Å²) in [5.41, 5.74) is 3.23. The molecule has 0 unspecified atom stereocenters. The van der Waals surface area contributed by atoms with Crippen molar-refractivity contribution in [1.29, 1.82) is 0 Å². The normalized spacial score (nSPS) is 24.1. The van der Waals surface area contributed by atoms with Crippen molar-refractivity contribution >= 4 is 24.1 Å². The van der Waals surface area contributed by atoms with Gasteiger partial charge < -0.3 is 10.1 Å². The molecule has 0 bridgehead atoms. The van der Waals surface area contributed by atoms with Crippen LogP contribution < -0.4 is 10.1 Å². The molecule has 5 nitrogen and oxygen atoms in total. The molecule has 3 atom stereocenters. The lowest BCUT2D eigenvalue weighted by molar-refractivity contribution is -0.133. The maximum Gasteiger partial charge on any atom is 0.234 e. The first kappa shape index (κ1) is 23.3. The van der Waals surface area contributed by atoms with E-state index in [1.807, 2.05) is 37.3 Å². The van der Waals surface area contributed by atoms with Gasteiger partial charge in [0.05, 0.1) is 6.54 Å². The van der Waals surface area contributed by atoms with E-state index in [4.69, 9.17) is 4.74 Å². The lowest BCUT2D eigenvalue weighted by Gasteiger charge is -2.39. The maximum absolute atomic E-state index is 12.9. The number of fused-ring (bicyclic) bond motifs is 3. The summed E-state index contributed by atoms with van der Waals surface area (Å²) in [6, 6.07) is 15.7. The van der Waals surface area contributed by atoms with Gasteiger partial charge in [0.1, 0.15) is 17.9 Å². The average Bonchev–Trinajstić information content (AvgIpc) is 3.03. The molecule has 1 heterocycles. The lowest BCUT2D eigenvalue weighted by atomic mass is 9.67. The van der Waals surface area contributed by atoms with Crippen LogP contribution in [-0.2, 0) is 21.5 Å². The molecule has 0 spiro atoms. The van der Waals surface area contributed by atoms with Gasteiger partial charge in [-0.2, -0.15) is 0 Å². The summed E-state index contributed by atoms with van der Waals surface area (Å²) in [6.45, 7) is 7.97. The standard InChI is InChI=1S/C25H30N2O3.ClH/c1-4-27(15-18-8-6-5-7-9-18)16-22(29)26-23-20(28)12-13-25(3)19-14-17(2)10-11-21(19)30-24(23)25;/h5-11,14,23-24H,4,12-13,15-16H2,1-3H3,(H,26,29);1H/t23-,24-,25-;/m1./s1. The molecule has 31 heavy (non-hydrogen) atoms. The fraction of sp³-hybridized carbons (Fsp3) is 0.440. The summed E-state index contributed by atoms with van der Waals surface area (Å²) in [5.74, 6) is 0.758. The van der Waals surface area contributed by atoms with Crippen LogP contribution in [-0.4, -0.2) is 41.8 Å². The minimum atomic E-state index is -0.612. The van der Waals surface area contributed by atoms with Gasteiger partial charge in [-0.05, 0) is 31.5 Å². The fourth-order valence-electron chi connectivity index (χ4n) is 4.73. The number of carbonyl (C=O) groups is 2. The number of nitrogens with one attached hydrogen (secondary N) is 1. The van der Waals surface area contributed by atoms with Crippen LogP contribution in [0.2, 0.25) is 0 Å². The van der Waals surface area contributed by atoms with E-state index in [-0.39, 0.29) is 42.2 Å². The van der Waals surface area contributed by atoms with Gasteiger partial charge in [-0.3, -0.25) is 14.5 Å². The molecular weight excluding hydrogens is 412 g/mol. The predicted molar refractivity (Wildman–Crippen MR) is 124 cm³/mol. The van der Waals surface area contributed by atoms with Crippen LogP contribution in [0.25, 0.3) is 0 Å². The van der Waals surface area contributed by atoms with Gasteiger partial charge in [0.25, 0.3) is 0 Å². The molecule has 0 saturated heterocycles. The van der Waals surface area contributed by atoms with Gasteiger partial charge in [-0.25, -0.2) is 0 Å². The third kappa shape index (κ3) is 4.63. The summed E-state index contributed by atoms with van der Waals surface area (Å²) in [7, 11) is 0. The Kier molecular flexibility index (Phi) is 7.07. The molecule has 1 amide bonds. The Morgan fingerprint density at radius 3 is 2.68 bits per heavy atom. The van der Waals surface area contributed by atoms with Crippen LogP contribution in [0.3, 0.4) is 0 Å². The number of halogens is 1. The molecular formula is C25H31ClN2O3. The number of nitrogens with zero attached hydrogens (tertiary/aromatic N) is 1. The van der Waals surface area contributed by atoms with Crippen molar-refractivity contribution in [2.24, 2.45) is 0 Å². The minimum Gasteiger partial charge on any atom is -0.487 e. The highest BCUT2D eigenvalue weighted by Gasteiger charge is 2.54. The number of benzene rings is 2. The number of hydrogen-bond donors (Lipinski definition) is 1. The van der Waals surface area contributed by atoms with Crippen LogP contribution in [0.15, 0.2) is 48.5 Å². The highest BCUT2D eigenvalue weighted by Crippen LogP contribution is 2.49. The number of ketones is 1. The number of amides is 1. The molecule has 166 valence electrons. The summed E-state index contributed by atoms with van der Waals surface area (Å²) in [5, 5.41) is 3.01. The van der Waals surface area contributed by atoms with Crippen LogP contribution in [0.4, 0.5) is 0 Å². The molecule has 2 aromatic rings. The molecule has 0 radical (unpaired) electrons. The Morgan fingerprint density at radius 1 is 1.23 bits per heavy atom. The van der Waals surface area contributed by atoms with Gasteiger partial charge in [-0.1, -0.05) is 61.9 Å². The second-order valence-corrected chi connectivity index (χ2v) is 8.76. The molecule has 0 aromatic heterocycles. The summed E-state index contributed by atoms with van der Waals surface area (Å²) in [6.07, 6.45) is 0.841. The van der Waals surface area contributed by atoms with Crippen molar-refractivity contribution in [1.82, 2.24) is 10.2 Å². The predicted octanol–water partition coefficient (Wildman–Crippen LogP) is 3.81. The Morgan fingerprint density at radius 2 is 1.97 bits per heavy atom. The first-order chi connectivity index (χ1) is 14.4. The first-order valence-electron chi connectivity index (χ1n) is 10.8. The van der Waals surface area contributed by atoms with Crippen LogP contribution in [0, 0.1) is 6.92 Å². The van der Waals surface area contributed by atoms with Gasteiger partial charge >= 0.3 is 0 Å². The second-order valence-electron chi connectivity index (χ2n) is 8.76. The number of rotatable bonds is 6. The third-order valence-electron chi connectivity index (χ3n) is 6.55. The van der Waals surface area contributed by atoms with Crippen molar-refractivity contribution < 1.29 is 14.3 Å². The van der Waals surface area contributed by atoms with Crippen LogP contribution >= 0.6 is 12.4 Å². The number of ether oxygens (including phenoxy) is 1. The van der Waals surface area contributed by atoms with E-state index in [1.165, 1.54) is 11.1 Å². The lowest BCUT2D eigenvalue weighted by Crippen LogP contribution is -2.60. The Labute approximate surface area is 190 Å². The average molecular weight is 443 g/mol. The monoisotopic (exact) mass is 442 g/mol. The van der Waals surface area contributed by atoms with Crippen molar-refractivity contribution in [2.45, 2.75) is 57.7 Å². The molecule has 6 heteroatoms. The van der Waals surface area contributed by atoms with Gasteiger partial charge in [0.15, 0.2) is 5.78 Å². The van der Waals surface area contributed by atoms with Crippen LogP contribution in [0.1, 0.15) is 43.4 Å². The van der Waals surface area contributed by atoms with E-state index in [2.05, 4.69) is 42.3 Å². The van der Waals surface area contributed by atoms with E-state index < -0.39 is 6.04 Å².